The van der Waals surface area contributed by atoms with Crippen LogP contribution >= 0.6 is 38.5 Å². The Labute approximate surface area is 201 Å². The Balaban J connectivity index is 1.75. The highest BCUT2D eigenvalue weighted by Gasteiger charge is 2.46. The monoisotopic (exact) mass is 591 g/mol. The Kier molecular flexibility index (Phi) is 6.57. The summed E-state index contributed by atoms with van der Waals surface area (Å²) < 4.78 is 1.78. The summed E-state index contributed by atoms with van der Waals surface area (Å²) in [4.78, 5) is 34.8. The molecule has 1 atom stereocenters. The number of rotatable bonds is 6. The molecule has 1 aliphatic rings. The van der Waals surface area contributed by atoms with E-state index in [4.69, 9.17) is 0 Å². The number of aryl methyl sites for hydroxylation is 1. The molecule has 4 rings (SSSR count). The fraction of sp³-hybridized carbons (Fsp3) is 0.174. The molecule has 0 saturated carbocycles. The zero-order valence-corrected chi connectivity index (χ0v) is 20.1. The molecular weight excluding hydrogens is 573 g/mol. The van der Waals surface area contributed by atoms with E-state index in [1.165, 1.54) is 0 Å². The van der Waals surface area contributed by atoms with Crippen LogP contribution in [0.25, 0.3) is 5.76 Å². The molecule has 1 saturated heterocycles. The lowest BCUT2D eigenvalue weighted by atomic mass is 9.95. The van der Waals surface area contributed by atoms with Crippen LogP contribution in [-0.2, 0) is 16.0 Å². The lowest BCUT2D eigenvalue weighted by Gasteiger charge is -2.26. The van der Waals surface area contributed by atoms with Crippen molar-refractivity contribution in [2.24, 2.45) is 0 Å². The number of imidazole rings is 1. The molecule has 158 valence electrons. The summed E-state index contributed by atoms with van der Waals surface area (Å²) >= 11 is 5.72. The first kappa shape index (κ1) is 21.8. The number of halogens is 2. The van der Waals surface area contributed by atoms with E-state index < -0.39 is 17.7 Å². The summed E-state index contributed by atoms with van der Waals surface area (Å²) in [5.74, 6) is -0.612. The molecule has 0 aliphatic carbocycles. The van der Waals surface area contributed by atoms with Gasteiger partial charge in [0.25, 0.3) is 11.7 Å². The molecular formula is C23H19BrIN3O3. The second-order valence-electron chi connectivity index (χ2n) is 7.16. The number of aliphatic hydroxyl groups is 1. The second-order valence-corrected chi connectivity index (χ2v) is 9.26. The maximum atomic E-state index is 13.0. The Morgan fingerprint density at radius 2 is 1.90 bits per heavy atom. The number of amides is 1. The molecule has 1 fully saturated rings. The fourth-order valence-electron chi connectivity index (χ4n) is 3.75. The molecule has 0 bridgehead atoms. The number of likely N-dealkylation sites (tertiary alicyclic amines) is 1. The number of hydrogen-bond donors (Lipinski definition) is 2. The van der Waals surface area contributed by atoms with Crippen molar-refractivity contribution in [2.75, 3.05) is 6.54 Å². The van der Waals surface area contributed by atoms with Gasteiger partial charge in [-0.3, -0.25) is 9.59 Å². The summed E-state index contributed by atoms with van der Waals surface area (Å²) in [5.41, 5.74) is 1.37. The first-order valence-corrected chi connectivity index (χ1v) is 11.6. The van der Waals surface area contributed by atoms with Crippen LogP contribution in [0.4, 0.5) is 0 Å². The van der Waals surface area contributed by atoms with Crippen molar-refractivity contribution in [1.82, 2.24) is 14.9 Å². The van der Waals surface area contributed by atoms with Crippen molar-refractivity contribution in [1.29, 1.82) is 0 Å². The van der Waals surface area contributed by atoms with E-state index in [2.05, 4.69) is 48.5 Å². The summed E-state index contributed by atoms with van der Waals surface area (Å²) in [6.07, 6.45) is 4.72. The molecule has 6 nitrogen and oxygen atoms in total. The van der Waals surface area contributed by atoms with Gasteiger partial charge in [-0.25, -0.2) is 4.98 Å². The Bertz CT molecular complexity index is 1140. The summed E-state index contributed by atoms with van der Waals surface area (Å²) in [5, 5.41) is 11.1. The molecule has 1 aromatic heterocycles. The molecule has 0 radical (unpaired) electrons. The smallest absolute Gasteiger partial charge is 0.295 e. The quantitative estimate of drug-likeness (QED) is 0.186. The van der Waals surface area contributed by atoms with E-state index in [9.17, 15) is 14.7 Å². The van der Waals surface area contributed by atoms with Gasteiger partial charge in [0.2, 0.25) is 0 Å². The highest BCUT2D eigenvalue weighted by atomic mass is 127. The van der Waals surface area contributed by atoms with Crippen LogP contribution in [0, 0.1) is 3.57 Å². The minimum atomic E-state index is -0.675. The van der Waals surface area contributed by atoms with Gasteiger partial charge in [0.1, 0.15) is 11.6 Å². The maximum Gasteiger partial charge on any atom is 0.295 e. The van der Waals surface area contributed by atoms with Gasteiger partial charge in [0, 0.05) is 39.0 Å². The first-order valence-electron chi connectivity index (χ1n) is 9.74. The molecule has 1 amide bonds. The van der Waals surface area contributed by atoms with Crippen molar-refractivity contribution in [3.63, 3.8) is 0 Å². The number of carbonyl (C=O) groups is 2. The largest absolute Gasteiger partial charge is 0.507 e. The van der Waals surface area contributed by atoms with Gasteiger partial charge in [0.15, 0.2) is 0 Å². The van der Waals surface area contributed by atoms with E-state index in [1.54, 1.807) is 29.4 Å². The third kappa shape index (κ3) is 4.45. The third-order valence-electron chi connectivity index (χ3n) is 5.22. The SMILES string of the molecule is O=C1C(=O)N(CCCc2ncc[nH]2)C(c2ccccc2Br)/C1=C(\O)c1ccc(I)cc1. The molecule has 0 spiro atoms. The lowest BCUT2D eigenvalue weighted by molar-refractivity contribution is -0.139. The molecule has 8 heteroatoms. The molecule has 2 N–H and O–H groups in total. The van der Waals surface area contributed by atoms with Crippen LogP contribution in [0.5, 0.6) is 0 Å². The molecule has 3 aromatic rings. The Hall–Kier alpha value is -2.46. The van der Waals surface area contributed by atoms with Gasteiger partial charge < -0.3 is 15.0 Å². The highest BCUT2D eigenvalue weighted by molar-refractivity contribution is 14.1. The Morgan fingerprint density at radius 3 is 2.58 bits per heavy atom. The van der Waals surface area contributed by atoms with Crippen LogP contribution in [0.1, 0.15) is 29.4 Å². The van der Waals surface area contributed by atoms with E-state index in [1.807, 2.05) is 36.4 Å². The van der Waals surface area contributed by atoms with E-state index in [-0.39, 0.29) is 11.3 Å². The number of benzene rings is 2. The second kappa shape index (κ2) is 9.35. The van der Waals surface area contributed by atoms with Gasteiger partial charge in [-0.2, -0.15) is 0 Å². The van der Waals surface area contributed by atoms with Crippen molar-refractivity contribution in [2.45, 2.75) is 18.9 Å². The minimum Gasteiger partial charge on any atom is -0.507 e. The first-order chi connectivity index (χ1) is 15.0. The predicted octanol–water partition coefficient (Wildman–Crippen LogP) is 4.83. The van der Waals surface area contributed by atoms with Gasteiger partial charge in [-0.1, -0.05) is 46.3 Å². The topological polar surface area (TPSA) is 86.3 Å². The molecule has 2 heterocycles. The number of ketones is 1. The van der Waals surface area contributed by atoms with Crippen LogP contribution in [0.2, 0.25) is 0 Å². The summed E-state index contributed by atoms with van der Waals surface area (Å²) in [6.45, 7) is 0.362. The fourth-order valence-corrected chi connectivity index (χ4v) is 4.61. The van der Waals surface area contributed by atoms with Crippen molar-refractivity contribution in [3.05, 3.63) is 91.5 Å². The van der Waals surface area contributed by atoms with Crippen molar-refractivity contribution < 1.29 is 14.7 Å². The average molecular weight is 592 g/mol. The predicted molar refractivity (Wildman–Crippen MR) is 129 cm³/mol. The number of nitrogens with zero attached hydrogens (tertiary/aromatic N) is 2. The number of aromatic nitrogens is 2. The standard InChI is InChI=1S/C23H19BrIN3O3/c24-17-5-2-1-4-16(17)20-19(21(29)14-7-9-15(25)10-8-14)22(30)23(31)28(20)13-3-6-18-26-11-12-27-18/h1-2,4-5,7-12,20,29H,3,6,13H2,(H,26,27)/b21-19+. The highest BCUT2D eigenvalue weighted by Crippen LogP contribution is 2.41. The van der Waals surface area contributed by atoms with E-state index in [0.717, 1.165) is 19.4 Å². The van der Waals surface area contributed by atoms with Crippen LogP contribution in [0.15, 0.2) is 71.0 Å². The van der Waals surface area contributed by atoms with Gasteiger partial charge in [-0.15, -0.1) is 0 Å². The molecule has 2 aromatic carbocycles. The number of hydrogen-bond acceptors (Lipinski definition) is 4. The number of Topliss-reactive ketones (excluding diaryl/α,β-unsaturated/α-hetero) is 1. The van der Waals surface area contributed by atoms with Gasteiger partial charge >= 0.3 is 0 Å². The lowest BCUT2D eigenvalue weighted by Crippen LogP contribution is -2.31. The molecule has 31 heavy (non-hydrogen) atoms. The number of carbonyl (C=O) groups excluding carboxylic acids is 2. The maximum absolute atomic E-state index is 13.0. The number of nitrogens with one attached hydrogen (secondary N) is 1. The normalized spacial score (nSPS) is 18.0. The zero-order valence-electron chi connectivity index (χ0n) is 16.4. The summed E-state index contributed by atoms with van der Waals surface area (Å²) in [7, 11) is 0. The Morgan fingerprint density at radius 1 is 1.16 bits per heavy atom. The minimum absolute atomic E-state index is 0.108. The van der Waals surface area contributed by atoms with Crippen LogP contribution in [0.3, 0.4) is 0 Å². The van der Waals surface area contributed by atoms with Crippen molar-refractivity contribution in [3.8, 4) is 0 Å². The average Bonchev–Trinajstić information content (AvgIpc) is 3.36. The van der Waals surface area contributed by atoms with Crippen LogP contribution in [-0.4, -0.2) is 38.2 Å². The van der Waals surface area contributed by atoms with E-state index >= 15 is 0 Å². The summed E-state index contributed by atoms with van der Waals surface area (Å²) in [6, 6.07) is 14.0. The number of aliphatic hydroxyl groups excluding tert-OH is 1. The number of aromatic amines is 1. The number of H-pyrrole nitrogens is 1. The van der Waals surface area contributed by atoms with Crippen LogP contribution < -0.4 is 0 Å². The van der Waals surface area contributed by atoms with E-state index in [0.29, 0.717) is 24.9 Å². The molecule has 1 aliphatic heterocycles. The van der Waals surface area contributed by atoms with Gasteiger partial charge in [0.05, 0.1) is 11.6 Å². The van der Waals surface area contributed by atoms with Gasteiger partial charge in [-0.05, 0) is 52.8 Å². The zero-order chi connectivity index (χ0) is 22.0. The third-order valence-corrected chi connectivity index (χ3v) is 6.67. The molecule has 1 unspecified atom stereocenters. The van der Waals surface area contributed by atoms with Crippen molar-refractivity contribution >= 4 is 56.0 Å².